The molecule has 1 fully saturated rings. The van der Waals surface area contributed by atoms with Gasteiger partial charge in [-0.1, -0.05) is 31.4 Å². The maximum Gasteiger partial charge on any atom is 0.224 e. The van der Waals surface area contributed by atoms with Gasteiger partial charge in [0.05, 0.1) is 5.69 Å². The third kappa shape index (κ3) is 3.99. The molecule has 0 bridgehead atoms. The summed E-state index contributed by atoms with van der Waals surface area (Å²) >= 11 is 0. The van der Waals surface area contributed by atoms with Crippen LogP contribution in [0.25, 0.3) is 11.0 Å². The normalized spacial score (nSPS) is 18.8. The Hall–Kier alpha value is -3.02. The lowest BCUT2D eigenvalue weighted by Gasteiger charge is -2.35. The second kappa shape index (κ2) is 8.61. The molecule has 0 spiro atoms. The van der Waals surface area contributed by atoms with Gasteiger partial charge in [0.2, 0.25) is 5.91 Å². The summed E-state index contributed by atoms with van der Waals surface area (Å²) in [7, 11) is 0. The summed E-state index contributed by atoms with van der Waals surface area (Å²) in [5.74, 6) is 1.70. The first-order valence-electron chi connectivity index (χ1n) is 11.3. The number of nitrogens with one attached hydrogen (secondary N) is 1. The fraction of sp³-hybridized carbons (Fsp3) is 0.440. The van der Waals surface area contributed by atoms with E-state index in [-0.39, 0.29) is 18.1 Å². The number of carbonyl (C=O) groups excluding carboxylic acids is 1. The van der Waals surface area contributed by atoms with Crippen molar-refractivity contribution in [2.24, 2.45) is 0 Å². The Morgan fingerprint density at radius 1 is 1.16 bits per heavy atom. The lowest BCUT2D eigenvalue weighted by atomic mass is 9.92. The molecule has 6 nitrogen and oxygen atoms in total. The molecule has 0 radical (unpaired) electrons. The van der Waals surface area contributed by atoms with E-state index in [0.29, 0.717) is 6.61 Å². The first-order chi connectivity index (χ1) is 15.2. The van der Waals surface area contributed by atoms with E-state index < -0.39 is 0 Å². The van der Waals surface area contributed by atoms with Crippen LogP contribution in [0.15, 0.2) is 42.7 Å². The molecule has 1 N–H and O–H groups in total. The number of anilines is 1. The molecule has 1 unspecified atom stereocenters. The Balaban J connectivity index is 1.43. The van der Waals surface area contributed by atoms with Crippen LogP contribution >= 0.6 is 0 Å². The van der Waals surface area contributed by atoms with Crippen molar-refractivity contribution in [3.05, 3.63) is 48.3 Å². The lowest BCUT2D eigenvalue weighted by Crippen LogP contribution is -2.41. The SMILES string of the molecule is CC(=O)N(c1c(CCC2COc3ccccc3O2)cnc2[nH]ccc12)C1CCCCC1. The van der Waals surface area contributed by atoms with Crippen LogP contribution in [0.4, 0.5) is 5.69 Å². The van der Waals surface area contributed by atoms with E-state index >= 15 is 0 Å². The van der Waals surface area contributed by atoms with Gasteiger partial charge in [-0.15, -0.1) is 0 Å². The van der Waals surface area contributed by atoms with Gasteiger partial charge in [-0.25, -0.2) is 4.98 Å². The third-order valence-corrected chi connectivity index (χ3v) is 6.46. The lowest BCUT2D eigenvalue weighted by molar-refractivity contribution is -0.117. The highest BCUT2D eigenvalue weighted by Gasteiger charge is 2.29. The van der Waals surface area contributed by atoms with Crippen molar-refractivity contribution in [3.63, 3.8) is 0 Å². The number of aromatic nitrogens is 2. The second-order valence-electron chi connectivity index (χ2n) is 8.59. The number of carbonyl (C=O) groups is 1. The van der Waals surface area contributed by atoms with Crippen LogP contribution in [-0.2, 0) is 11.2 Å². The third-order valence-electron chi connectivity index (χ3n) is 6.46. The minimum atomic E-state index is -0.0230. The number of hydrogen-bond acceptors (Lipinski definition) is 4. The van der Waals surface area contributed by atoms with E-state index in [2.05, 4.69) is 9.97 Å². The fourth-order valence-corrected chi connectivity index (χ4v) is 4.96. The quantitative estimate of drug-likeness (QED) is 0.630. The van der Waals surface area contributed by atoms with Gasteiger partial charge in [0, 0.05) is 30.7 Å². The number of nitrogens with zero attached hydrogens (tertiary/aromatic N) is 2. The number of fused-ring (bicyclic) bond motifs is 2. The predicted octanol–water partition coefficient (Wildman–Crippen LogP) is 5.02. The predicted molar refractivity (Wildman–Crippen MR) is 121 cm³/mol. The molecule has 2 aromatic heterocycles. The average Bonchev–Trinajstić information content (AvgIpc) is 3.28. The van der Waals surface area contributed by atoms with Crippen LogP contribution in [0.2, 0.25) is 0 Å². The molecule has 31 heavy (non-hydrogen) atoms. The summed E-state index contributed by atoms with van der Waals surface area (Å²) in [6.07, 6.45) is 11.1. The van der Waals surface area contributed by atoms with Crippen LogP contribution in [-0.4, -0.2) is 34.6 Å². The largest absolute Gasteiger partial charge is 0.486 e. The van der Waals surface area contributed by atoms with E-state index in [9.17, 15) is 4.79 Å². The minimum absolute atomic E-state index is 0.0230. The van der Waals surface area contributed by atoms with Gasteiger partial charge in [-0.3, -0.25) is 4.79 Å². The Kier molecular flexibility index (Phi) is 5.53. The fourth-order valence-electron chi connectivity index (χ4n) is 4.96. The van der Waals surface area contributed by atoms with E-state index in [1.165, 1.54) is 19.3 Å². The Bertz CT molecular complexity index is 1070. The molecule has 3 heterocycles. The highest BCUT2D eigenvalue weighted by Crippen LogP contribution is 2.36. The molecule has 1 atom stereocenters. The molecule has 162 valence electrons. The van der Waals surface area contributed by atoms with Crippen LogP contribution < -0.4 is 14.4 Å². The molecule has 5 rings (SSSR count). The van der Waals surface area contributed by atoms with Gasteiger partial charge < -0.3 is 19.4 Å². The Morgan fingerprint density at radius 3 is 2.77 bits per heavy atom. The molecular weight excluding hydrogens is 390 g/mol. The number of aryl methyl sites for hydroxylation is 1. The number of pyridine rings is 1. The zero-order valence-corrected chi connectivity index (χ0v) is 18.0. The van der Waals surface area contributed by atoms with E-state index in [1.54, 1.807) is 6.92 Å². The smallest absolute Gasteiger partial charge is 0.224 e. The topological polar surface area (TPSA) is 67.5 Å². The molecular formula is C25H29N3O3. The number of para-hydroxylation sites is 2. The standard InChI is InChI=1S/C25H29N3O3/c1-17(29)28(19-7-3-2-4-8-19)24-18(15-27-25-21(24)13-14-26-25)11-12-20-16-30-22-9-5-6-10-23(22)31-20/h5-6,9-10,13-15,19-20H,2-4,7-8,11-12,16H2,1H3,(H,26,27). The molecule has 1 aliphatic carbocycles. The van der Waals surface area contributed by atoms with Gasteiger partial charge in [0.15, 0.2) is 11.5 Å². The summed E-state index contributed by atoms with van der Waals surface area (Å²) in [4.78, 5) is 22.7. The number of ether oxygens (including phenoxy) is 2. The zero-order valence-electron chi connectivity index (χ0n) is 18.0. The summed E-state index contributed by atoms with van der Waals surface area (Å²) in [6, 6.07) is 10.1. The van der Waals surface area contributed by atoms with Gasteiger partial charge in [-0.05, 0) is 49.4 Å². The van der Waals surface area contributed by atoms with Gasteiger partial charge in [-0.2, -0.15) is 0 Å². The maximum absolute atomic E-state index is 12.9. The van der Waals surface area contributed by atoms with Crippen molar-refractivity contribution in [2.75, 3.05) is 11.5 Å². The molecule has 6 heteroatoms. The van der Waals surface area contributed by atoms with Crippen molar-refractivity contribution in [2.45, 2.75) is 64.0 Å². The summed E-state index contributed by atoms with van der Waals surface area (Å²) in [5.41, 5.74) is 2.94. The Labute approximate surface area is 182 Å². The average molecular weight is 420 g/mol. The van der Waals surface area contributed by atoms with E-state index in [1.807, 2.05) is 47.6 Å². The number of amides is 1. The second-order valence-corrected chi connectivity index (χ2v) is 8.59. The van der Waals surface area contributed by atoms with Crippen LogP contribution in [0.1, 0.15) is 51.0 Å². The number of rotatable bonds is 5. The number of benzene rings is 1. The molecule has 1 amide bonds. The van der Waals surface area contributed by atoms with Gasteiger partial charge in [0.1, 0.15) is 18.4 Å². The summed E-state index contributed by atoms with van der Waals surface area (Å²) in [5, 5.41) is 1.02. The molecule has 3 aromatic rings. The minimum Gasteiger partial charge on any atom is -0.486 e. The van der Waals surface area contributed by atoms with Crippen molar-refractivity contribution in [1.29, 1.82) is 0 Å². The van der Waals surface area contributed by atoms with Crippen molar-refractivity contribution >= 4 is 22.6 Å². The monoisotopic (exact) mass is 419 g/mol. The van der Waals surface area contributed by atoms with E-state index in [4.69, 9.17) is 9.47 Å². The van der Waals surface area contributed by atoms with E-state index in [0.717, 1.165) is 59.5 Å². The summed E-state index contributed by atoms with van der Waals surface area (Å²) in [6.45, 7) is 2.22. The maximum atomic E-state index is 12.9. The number of H-pyrrole nitrogens is 1. The molecule has 2 aliphatic rings. The van der Waals surface area contributed by atoms with Crippen molar-refractivity contribution in [3.8, 4) is 11.5 Å². The van der Waals surface area contributed by atoms with Crippen LogP contribution in [0.3, 0.4) is 0 Å². The molecule has 1 saturated carbocycles. The highest BCUT2D eigenvalue weighted by atomic mass is 16.6. The number of hydrogen-bond donors (Lipinski definition) is 1. The summed E-state index contributed by atoms with van der Waals surface area (Å²) < 4.78 is 12.0. The van der Waals surface area contributed by atoms with Crippen molar-refractivity contribution < 1.29 is 14.3 Å². The van der Waals surface area contributed by atoms with Crippen molar-refractivity contribution in [1.82, 2.24) is 9.97 Å². The number of aromatic amines is 1. The van der Waals surface area contributed by atoms with Crippen LogP contribution in [0, 0.1) is 0 Å². The highest BCUT2D eigenvalue weighted by molar-refractivity contribution is 6.02. The molecule has 0 saturated heterocycles. The van der Waals surface area contributed by atoms with Gasteiger partial charge >= 0.3 is 0 Å². The molecule has 1 aromatic carbocycles. The van der Waals surface area contributed by atoms with Gasteiger partial charge in [0.25, 0.3) is 0 Å². The molecule has 1 aliphatic heterocycles. The zero-order chi connectivity index (χ0) is 21.2. The van der Waals surface area contributed by atoms with Crippen LogP contribution in [0.5, 0.6) is 11.5 Å². The Morgan fingerprint density at radius 2 is 1.97 bits per heavy atom. The first kappa shape index (κ1) is 19.9. The first-order valence-corrected chi connectivity index (χ1v) is 11.3.